The van der Waals surface area contributed by atoms with Crippen molar-refractivity contribution in [2.75, 3.05) is 6.54 Å². The summed E-state index contributed by atoms with van der Waals surface area (Å²) in [7, 11) is 0. The SMILES string of the molecule is NCCCc1ccccc1Oc1ccc(Cl)cc1Cl. The minimum Gasteiger partial charge on any atom is -0.456 e. The summed E-state index contributed by atoms with van der Waals surface area (Å²) in [5, 5.41) is 1.09. The van der Waals surface area contributed by atoms with E-state index in [4.69, 9.17) is 33.7 Å². The van der Waals surface area contributed by atoms with Crippen LogP contribution in [0, 0.1) is 0 Å². The molecule has 0 fully saturated rings. The Morgan fingerprint density at radius 1 is 1.00 bits per heavy atom. The van der Waals surface area contributed by atoms with Crippen LogP contribution < -0.4 is 10.5 Å². The Morgan fingerprint density at radius 2 is 1.79 bits per heavy atom. The third-order valence-electron chi connectivity index (χ3n) is 2.74. The highest BCUT2D eigenvalue weighted by Gasteiger charge is 2.07. The van der Waals surface area contributed by atoms with Crippen molar-refractivity contribution < 1.29 is 4.74 Å². The molecule has 0 radical (unpaired) electrons. The summed E-state index contributed by atoms with van der Waals surface area (Å²) in [5.41, 5.74) is 6.67. The van der Waals surface area contributed by atoms with Gasteiger partial charge in [-0.1, -0.05) is 41.4 Å². The number of hydrogen-bond donors (Lipinski definition) is 1. The molecule has 0 unspecified atom stereocenters. The predicted octanol–water partition coefficient (Wildman–Crippen LogP) is 4.68. The maximum atomic E-state index is 6.11. The molecule has 0 aliphatic rings. The van der Waals surface area contributed by atoms with Crippen LogP contribution in [0.25, 0.3) is 0 Å². The lowest BCUT2D eigenvalue weighted by molar-refractivity contribution is 0.475. The number of para-hydroxylation sites is 1. The second-order valence-corrected chi connectivity index (χ2v) is 5.02. The number of halogens is 2. The first kappa shape index (κ1) is 14.2. The number of benzene rings is 2. The van der Waals surface area contributed by atoms with E-state index in [2.05, 4.69) is 0 Å². The van der Waals surface area contributed by atoms with Crippen LogP contribution >= 0.6 is 23.2 Å². The molecule has 0 aliphatic heterocycles. The van der Waals surface area contributed by atoms with Gasteiger partial charge in [0.2, 0.25) is 0 Å². The first-order valence-corrected chi connectivity index (χ1v) is 6.87. The maximum absolute atomic E-state index is 6.11. The van der Waals surface area contributed by atoms with Crippen LogP contribution in [0.2, 0.25) is 10.0 Å². The number of ether oxygens (including phenoxy) is 1. The van der Waals surface area contributed by atoms with Gasteiger partial charge < -0.3 is 10.5 Å². The fourth-order valence-corrected chi connectivity index (χ4v) is 2.23. The van der Waals surface area contributed by atoms with Crippen LogP contribution in [-0.2, 0) is 6.42 Å². The van der Waals surface area contributed by atoms with E-state index in [9.17, 15) is 0 Å². The summed E-state index contributed by atoms with van der Waals surface area (Å²) in [6.45, 7) is 0.663. The van der Waals surface area contributed by atoms with E-state index >= 15 is 0 Å². The fraction of sp³-hybridized carbons (Fsp3) is 0.200. The van der Waals surface area contributed by atoms with Crippen LogP contribution in [0.3, 0.4) is 0 Å². The zero-order valence-corrected chi connectivity index (χ0v) is 11.9. The highest BCUT2D eigenvalue weighted by atomic mass is 35.5. The molecular formula is C15H15Cl2NO. The average Bonchev–Trinajstić information content (AvgIpc) is 2.41. The van der Waals surface area contributed by atoms with Crippen LogP contribution in [0.15, 0.2) is 42.5 Å². The molecule has 2 aromatic rings. The van der Waals surface area contributed by atoms with Crippen molar-refractivity contribution in [3.05, 3.63) is 58.1 Å². The Balaban J connectivity index is 2.22. The van der Waals surface area contributed by atoms with Gasteiger partial charge in [0.1, 0.15) is 11.5 Å². The molecule has 0 atom stereocenters. The molecule has 2 nitrogen and oxygen atoms in total. The quantitative estimate of drug-likeness (QED) is 0.869. The molecule has 2 aromatic carbocycles. The van der Waals surface area contributed by atoms with E-state index in [1.54, 1.807) is 18.2 Å². The molecule has 0 saturated carbocycles. The van der Waals surface area contributed by atoms with Crippen LogP contribution in [0.4, 0.5) is 0 Å². The van der Waals surface area contributed by atoms with Crippen molar-refractivity contribution in [1.29, 1.82) is 0 Å². The number of nitrogens with two attached hydrogens (primary N) is 1. The summed E-state index contributed by atoms with van der Waals surface area (Å²) in [6.07, 6.45) is 1.81. The first-order chi connectivity index (χ1) is 9.20. The van der Waals surface area contributed by atoms with Gasteiger partial charge in [0.25, 0.3) is 0 Å². The topological polar surface area (TPSA) is 35.2 Å². The minimum atomic E-state index is 0.501. The maximum Gasteiger partial charge on any atom is 0.146 e. The average molecular weight is 296 g/mol. The molecule has 0 heterocycles. The van der Waals surface area contributed by atoms with E-state index in [1.807, 2.05) is 24.3 Å². The molecule has 0 saturated heterocycles. The lowest BCUT2D eigenvalue weighted by Gasteiger charge is -2.12. The van der Waals surface area contributed by atoms with Gasteiger partial charge in [-0.3, -0.25) is 0 Å². The monoisotopic (exact) mass is 295 g/mol. The summed E-state index contributed by atoms with van der Waals surface area (Å²) >= 11 is 12.0. The second kappa shape index (κ2) is 6.80. The highest BCUT2D eigenvalue weighted by Crippen LogP contribution is 2.33. The molecule has 0 spiro atoms. The van der Waals surface area contributed by atoms with Gasteiger partial charge in [0, 0.05) is 5.02 Å². The second-order valence-electron chi connectivity index (χ2n) is 4.18. The van der Waals surface area contributed by atoms with Crippen molar-refractivity contribution in [1.82, 2.24) is 0 Å². The number of aryl methyl sites for hydroxylation is 1. The smallest absolute Gasteiger partial charge is 0.146 e. The summed E-state index contributed by atoms with van der Waals surface area (Å²) < 4.78 is 5.86. The summed E-state index contributed by atoms with van der Waals surface area (Å²) in [5.74, 6) is 1.41. The normalized spacial score (nSPS) is 10.5. The lowest BCUT2D eigenvalue weighted by Crippen LogP contribution is -2.01. The van der Waals surface area contributed by atoms with E-state index in [0.717, 1.165) is 24.2 Å². The van der Waals surface area contributed by atoms with Gasteiger partial charge in [-0.15, -0.1) is 0 Å². The van der Waals surface area contributed by atoms with Gasteiger partial charge in [-0.2, -0.15) is 0 Å². The third kappa shape index (κ3) is 3.87. The van der Waals surface area contributed by atoms with Crippen molar-refractivity contribution >= 4 is 23.2 Å². The number of rotatable bonds is 5. The van der Waals surface area contributed by atoms with Crippen molar-refractivity contribution in [3.63, 3.8) is 0 Å². The lowest BCUT2D eigenvalue weighted by atomic mass is 10.1. The van der Waals surface area contributed by atoms with Gasteiger partial charge in [-0.25, -0.2) is 0 Å². The molecule has 0 aliphatic carbocycles. The Kier molecular flexibility index (Phi) is 5.08. The molecule has 0 aromatic heterocycles. The Hall–Kier alpha value is -1.22. The largest absolute Gasteiger partial charge is 0.456 e. The Bertz CT molecular complexity index is 558. The Morgan fingerprint density at radius 3 is 2.53 bits per heavy atom. The van der Waals surface area contributed by atoms with Gasteiger partial charge >= 0.3 is 0 Å². The molecule has 2 N–H and O–H groups in total. The van der Waals surface area contributed by atoms with Crippen LogP contribution in [0.1, 0.15) is 12.0 Å². The first-order valence-electron chi connectivity index (χ1n) is 6.11. The van der Waals surface area contributed by atoms with Crippen LogP contribution in [0.5, 0.6) is 11.5 Å². The molecule has 0 bridgehead atoms. The Labute approximate surface area is 123 Å². The standard InChI is InChI=1S/C15H15Cl2NO/c16-12-7-8-15(13(17)10-12)19-14-6-2-1-4-11(14)5-3-9-18/h1-2,4,6-8,10H,3,5,9,18H2. The van der Waals surface area contributed by atoms with E-state index in [-0.39, 0.29) is 0 Å². The van der Waals surface area contributed by atoms with Crippen molar-refractivity contribution in [3.8, 4) is 11.5 Å². The van der Waals surface area contributed by atoms with E-state index < -0.39 is 0 Å². The molecule has 100 valence electrons. The van der Waals surface area contributed by atoms with Crippen LogP contribution in [-0.4, -0.2) is 6.54 Å². The van der Waals surface area contributed by atoms with Crippen molar-refractivity contribution in [2.24, 2.45) is 5.73 Å². The molecule has 2 rings (SSSR count). The molecule has 4 heteroatoms. The van der Waals surface area contributed by atoms with E-state index in [0.29, 0.717) is 22.3 Å². The summed E-state index contributed by atoms with van der Waals surface area (Å²) in [6, 6.07) is 13.1. The zero-order valence-electron chi connectivity index (χ0n) is 10.4. The molecule has 19 heavy (non-hydrogen) atoms. The fourth-order valence-electron chi connectivity index (χ4n) is 1.78. The summed E-state index contributed by atoms with van der Waals surface area (Å²) in [4.78, 5) is 0. The van der Waals surface area contributed by atoms with Crippen molar-refractivity contribution in [2.45, 2.75) is 12.8 Å². The zero-order chi connectivity index (χ0) is 13.7. The third-order valence-corrected chi connectivity index (χ3v) is 3.27. The van der Waals surface area contributed by atoms with Gasteiger partial charge in [-0.05, 0) is 49.2 Å². The van der Waals surface area contributed by atoms with Gasteiger partial charge in [0.15, 0.2) is 0 Å². The predicted molar refractivity (Wildman–Crippen MR) is 80.4 cm³/mol. The number of hydrogen-bond acceptors (Lipinski definition) is 2. The van der Waals surface area contributed by atoms with Gasteiger partial charge in [0.05, 0.1) is 5.02 Å². The minimum absolute atomic E-state index is 0.501. The van der Waals surface area contributed by atoms with E-state index in [1.165, 1.54) is 0 Å². The highest BCUT2D eigenvalue weighted by molar-refractivity contribution is 6.35. The molecular weight excluding hydrogens is 281 g/mol. The molecule has 0 amide bonds.